The van der Waals surface area contributed by atoms with Crippen molar-refractivity contribution in [2.24, 2.45) is 0 Å². The van der Waals surface area contributed by atoms with Crippen LogP contribution in [0.5, 0.6) is 5.75 Å². The number of hydrogen-bond acceptors (Lipinski definition) is 4. The molecule has 2 aromatic carbocycles. The van der Waals surface area contributed by atoms with Crippen LogP contribution < -0.4 is 4.74 Å². The van der Waals surface area contributed by atoms with Gasteiger partial charge >= 0.3 is 0 Å². The summed E-state index contributed by atoms with van der Waals surface area (Å²) in [5.41, 5.74) is 2.51. The van der Waals surface area contributed by atoms with Gasteiger partial charge in [-0.15, -0.1) is 0 Å². The fraction of sp³-hybridized carbons (Fsp3) is 0.211. The van der Waals surface area contributed by atoms with E-state index in [1.807, 2.05) is 43.3 Å². The third-order valence-corrected chi connectivity index (χ3v) is 4.30. The predicted molar refractivity (Wildman–Crippen MR) is 94.9 cm³/mol. The number of hydrogen-bond donors (Lipinski definition) is 0. The summed E-state index contributed by atoms with van der Waals surface area (Å²) in [6.45, 7) is 2.00. The molecule has 0 spiro atoms. The van der Waals surface area contributed by atoms with Crippen LogP contribution in [0, 0.1) is 0 Å². The first-order valence-corrected chi connectivity index (χ1v) is 7.97. The van der Waals surface area contributed by atoms with Crippen molar-refractivity contribution >= 4 is 5.91 Å². The molecule has 0 aliphatic carbocycles. The number of para-hydroxylation sites is 1. The van der Waals surface area contributed by atoms with E-state index in [2.05, 4.69) is 10.1 Å². The van der Waals surface area contributed by atoms with Gasteiger partial charge < -0.3 is 9.64 Å². The van der Waals surface area contributed by atoms with Gasteiger partial charge in [-0.1, -0.05) is 24.3 Å². The third kappa shape index (κ3) is 3.38. The molecule has 0 saturated carbocycles. The highest BCUT2D eigenvalue weighted by Gasteiger charge is 2.21. The van der Waals surface area contributed by atoms with Crippen molar-refractivity contribution < 1.29 is 9.53 Å². The topological polar surface area (TPSA) is 60.2 Å². The minimum absolute atomic E-state index is 0.0784. The summed E-state index contributed by atoms with van der Waals surface area (Å²) in [4.78, 5) is 18.5. The Balaban J connectivity index is 1.80. The maximum Gasteiger partial charge on any atom is 0.257 e. The molecular formula is C19H20N4O2. The van der Waals surface area contributed by atoms with Gasteiger partial charge in [0.15, 0.2) is 0 Å². The fourth-order valence-electron chi connectivity index (χ4n) is 2.66. The predicted octanol–water partition coefficient (Wildman–Crippen LogP) is 3.11. The van der Waals surface area contributed by atoms with Gasteiger partial charge in [-0.05, 0) is 36.8 Å². The van der Waals surface area contributed by atoms with Crippen molar-refractivity contribution in [1.29, 1.82) is 0 Å². The summed E-state index contributed by atoms with van der Waals surface area (Å²) < 4.78 is 6.99. The molecule has 0 aliphatic heterocycles. The molecule has 3 rings (SSSR count). The molecule has 0 saturated heterocycles. The first-order valence-electron chi connectivity index (χ1n) is 7.97. The molecule has 6 nitrogen and oxygen atoms in total. The lowest BCUT2D eigenvalue weighted by Gasteiger charge is -2.26. The lowest BCUT2D eigenvalue weighted by molar-refractivity contribution is 0.0739. The average molecular weight is 336 g/mol. The zero-order valence-corrected chi connectivity index (χ0v) is 14.5. The summed E-state index contributed by atoms with van der Waals surface area (Å²) in [6, 6.07) is 15.1. The third-order valence-electron chi connectivity index (χ3n) is 4.30. The van der Waals surface area contributed by atoms with E-state index >= 15 is 0 Å². The maximum atomic E-state index is 12.8. The summed E-state index contributed by atoms with van der Waals surface area (Å²) in [5.74, 6) is 0.499. The minimum Gasteiger partial charge on any atom is -0.496 e. The highest BCUT2D eigenvalue weighted by molar-refractivity contribution is 5.97. The molecule has 3 aromatic rings. The number of carbonyl (C=O) groups excluding carboxylic acids is 1. The van der Waals surface area contributed by atoms with E-state index in [0.29, 0.717) is 11.3 Å². The van der Waals surface area contributed by atoms with E-state index in [1.54, 1.807) is 42.2 Å². The molecular weight excluding hydrogens is 316 g/mol. The first kappa shape index (κ1) is 16.7. The molecule has 128 valence electrons. The summed E-state index contributed by atoms with van der Waals surface area (Å²) in [6.07, 6.45) is 3.14. The van der Waals surface area contributed by atoms with E-state index in [9.17, 15) is 4.79 Å². The second-order valence-corrected chi connectivity index (χ2v) is 5.72. The van der Waals surface area contributed by atoms with Crippen LogP contribution in [-0.4, -0.2) is 39.7 Å². The van der Waals surface area contributed by atoms with Crippen LogP contribution in [0.4, 0.5) is 0 Å². The smallest absolute Gasteiger partial charge is 0.257 e. The second-order valence-electron chi connectivity index (χ2n) is 5.72. The number of nitrogens with zero attached hydrogens (tertiary/aromatic N) is 4. The molecule has 25 heavy (non-hydrogen) atoms. The van der Waals surface area contributed by atoms with Crippen molar-refractivity contribution in [1.82, 2.24) is 19.7 Å². The van der Waals surface area contributed by atoms with E-state index < -0.39 is 0 Å². The Labute approximate surface area is 146 Å². The zero-order valence-electron chi connectivity index (χ0n) is 14.5. The van der Waals surface area contributed by atoms with Crippen molar-refractivity contribution in [3.63, 3.8) is 0 Å². The molecule has 1 aromatic heterocycles. The van der Waals surface area contributed by atoms with Crippen LogP contribution in [-0.2, 0) is 0 Å². The number of methoxy groups -OCH3 is 1. The van der Waals surface area contributed by atoms with Crippen molar-refractivity contribution in [3.8, 4) is 11.4 Å². The molecule has 0 unspecified atom stereocenters. The Bertz CT molecular complexity index is 844. The van der Waals surface area contributed by atoms with Crippen LogP contribution in [0.1, 0.15) is 28.9 Å². The van der Waals surface area contributed by atoms with E-state index in [-0.39, 0.29) is 11.9 Å². The van der Waals surface area contributed by atoms with Crippen LogP contribution >= 0.6 is 0 Å². The number of ether oxygens (including phenoxy) is 1. The molecule has 1 atom stereocenters. The number of aromatic nitrogens is 3. The van der Waals surface area contributed by atoms with Gasteiger partial charge in [-0.2, -0.15) is 5.10 Å². The first-order chi connectivity index (χ1) is 12.1. The highest BCUT2D eigenvalue weighted by Crippen LogP contribution is 2.25. The van der Waals surface area contributed by atoms with E-state index in [0.717, 1.165) is 11.3 Å². The van der Waals surface area contributed by atoms with E-state index in [1.165, 1.54) is 6.33 Å². The van der Waals surface area contributed by atoms with Crippen LogP contribution in [0.25, 0.3) is 5.69 Å². The van der Waals surface area contributed by atoms with Gasteiger partial charge in [-0.3, -0.25) is 4.79 Å². The molecule has 0 N–H and O–H groups in total. The Morgan fingerprint density at radius 1 is 1.16 bits per heavy atom. The molecule has 0 fully saturated rings. The number of rotatable bonds is 5. The maximum absolute atomic E-state index is 12.8. The quantitative estimate of drug-likeness (QED) is 0.718. The molecule has 1 amide bonds. The van der Waals surface area contributed by atoms with Crippen LogP contribution in [0.15, 0.2) is 61.2 Å². The molecule has 6 heteroatoms. The van der Waals surface area contributed by atoms with Gasteiger partial charge in [0.05, 0.1) is 24.4 Å². The SMILES string of the molecule is COc1ccccc1C(=O)N(C)[C@@H](C)c1ccc(-n2cncn2)cc1. The lowest BCUT2D eigenvalue weighted by Crippen LogP contribution is -2.30. The Morgan fingerprint density at radius 2 is 1.88 bits per heavy atom. The van der Waals surface area contributed by atoms with Gasteiger partial charge in [0.2, 0.25) is 0 Å². The fourth-order valence-corrected chi connectivity index (χ4v) is 2.66. The number of carbonyl (C=O) groups is 1. The monoisotopic (exact) mass is 336 g/mol. The lowest BCUT2D eigenvalue weighted by atomic mass is 10.1. The van der Waals surface area contributed by atoms with Crippen molar-refractivity contribution in [2.75, 3.05) is 14.2 Å². The van der Waals surface area contributed by atoms with Crippen molar-refractivity contribution in [2.45, 2.75) is 13.0 Å². The molecule has 0 aliphatic rings. The Kier molecular flexibility index (Phi) is 4.79. The van der Waals surface area contributed by atoms with Crippen molar-refractivity contribution in [3.05, 3.63) is 72.3 Å². The second kappa shape index (κ2) is 7.17. The zero-order chi connectivity index (χ0) is 17.8. The van der Waals surface area contributed by atoms with Gasteiger partial charge in [-0.25, -0.2) is 9.67 Å². The van der Waals surface area contributed by atoms with Crippen LogP contribution in [0.3, 0.4) is 0 Å². The number of amides is 1. The van der Waals surface area contributed by atoms with Gasteiger partial charge in [0, 0.05) is 7.05 Å². The van der Waals surface area contributed by atoms with Gasteiger partial charge in [0.1, 0.15) is 18.4 Å². The average Bonchev–Trinajstić information content (AvgIpc) is 3.21. The highest BCUT2D eigenvalue weighted by atomic mass is 16.5. The Morgan fingerprint density at radius 3 is 2.52 bits per heavy atom. The van der Waals surface area contributed by atoms with Gasteiger partial charge in [0.25, 0.3) is 5.91 Å². The molecule has 0 bridgehead atoms. The minimum atomic E-state index is -0.0813. The van der Waals surface area contributed by atoms with Crippen LogP contribution in [0.2, 0.25) is 0 Å². The normalized spacial score (nSPS) is 11.8. The summed E-state index contributed by atoms with van der Waals surface area (Å²) in [5, 5.41) is 4.11. The summed E-state index contributed by atoms with van der Waals surface area (Å²) >= 11 is 0. The summed E-state index contributed by atoms with van der Waals surface area (Å²) in [7, 11) is 3.36. The standard InChI is InChI=1S/C19H20N4O2/c1-14(15-8-10-16(11-9-15)23-13-20-12-21-23)22(2)19(24)17-6-4-5-7-18(17)25-3/h4-14H,1-3H3/t14-/m0/s1. The largest absolute Gasteiger partial charge is 0.496 e. The molecule has 0 radical (unpaired) electrons. The van der Waals surface area contributed by atoms with E-state index in [4.69, 9.17) is 4.74 Å². The number of benzene rings is 2. The Hall–Kier alpha value is -3.15. The molecule has 1 heterocycles.